The van der Waals surface area contributed by atoms with Gasteiger partial charge < -0.3 is 19.9 Å². The Morgan fingerprint density at radius 1 is 1.06 bits per heavy atom. The molecule has 0 fully saturated rings. The maximum Gasteiger partial charge on any atom is 0.332 e. The van der Waals surface area contributed by atoms with Crippen LogP contribution in [-0.4, -0.2) is 30.5 Å². The van der Waals surface area contributed by atoms with Crippen LogP contribution in [-0.2, 0) is 25.4 Å². The van der Waals surface area contributed by atoms with Crippen LogP contribution in [0.1, 0.15) is 10.4 Å². The molecule has 2 amide bonds. The van der Waals surface area contributed by atoms with Crippen molar-refractivity contribution in [2.75, 3.05) is 10.6 Å². The lowest BCUT2D eigenvalue weighted by Crippen LogP contribution is -2.37. The minimum absolute atomic E-state index is 0.141. The Bertz CT molecular complexity index is 1580. The summed E-state index contributed by atoms with van der Waals surface area (Å²) < 4.78 is 9.42. The molecule has 0 atom stereocenters. The Morgan fingerprint density at radius 2 is 1.85 bits per heavy atom. The number of hydrogen-bond donors (Lipinski definition) is 2. The average molecular weight is 446 g/mol. The molecule has 2 aromatic heterocycles. The molecular weight excluding hydrogens is 428 g/mol. The molecule has 2 aromatic carbocycles. The zero-order valence-electron chi connectivity index (χ0n) is 17.7. The largest absolute Gasteiger partial charge is 0.454 e. The van der Waals surface area contributed by atoms with Crippen molar-refractivity contribution in [3.05, 3.63) is 75.2 Å². The van der Waals surface area contributed by atoms with E-state index < -0.39 is 17.2 Å². The van der Waals surface area contributed by atoms with E-state index in [1.807, 2.05) is 0 Å². The summed E-state index contributed by atoms with van der Waals surface area (Å²) in [4.78, 5) is 54.1. The van der Waals surface area contributed by atoms with Gasteiger partial charge in [-0.1, -0.05) is 12.1 Å². The lowest BCUT2D eigenvalue weighted by Gasteiger charge is -2.10. The highest BCUT2D eigenvalue weighted by atomic mass is 16.5. The van der Waals surface area contributed by atoms with Gasteiger partial charge in [0, 0.05) is 19.8 Å². The molecule has 0 radical (unpaired) electrons. The van der Waals surface area contributed by atoms with Crippen LogP contribution in [0.4, 0.5) is 11.4 Å². The number of nitrogens with zero attached hydrogens (tertiary/aromatic N) is 4. The maximum absolute atomic E-state index is 12.7. The van der Waals surface area contributed by atoms with Gasteiger partial charge in [-0.2, -0.15) is 0 Å². The number of anilines is 2. The van der Waals surface area contributed by atoms with Crippen molar-refractivity contribution >= 4 is 34.4 Å². The molecule has 2 N–H and O–H groups in total. The summed E-state index contributed by atoms with van der Waals surface area (Å²) in [5.74, 6) is 0.0734. The van der Waals surface area contributed by atoms with Crippen LogP contribution in [0, 0.1) is 0 Å². The molecular formula is C22H18N6O5. The van der Waals surface area contributed by atoms with Crippen LogP contribution in [0.2, 0.25) is 0 Å². The van der Waals surface area contributed by atoms with E-state index >= 15 is 0 Å². The van der Waals surface area contributed by atoms with E-state index in [2.05, 4.69) is 15.6 Å². The third kappa shape index (κ3) is 3.35. The van der Waals surface area contributed by atoms with Crippen LogP contribution in [0.25, 0.3) is 11.2 Å². The van der Waals surface area contributed by atoms with Gasteiger partial charge in [0.2, 0.25) is 5.91 Å². The van der Waals surface area contributed by atoms with Gasteiger partial charge in [-0.25, -0.2) is 9.78 Å². The van der Waals surface area contributed by atoms with Gasteiger partial charge in [-0.15, -0.1) is 0 Å². The van der Waals surface area contributed by atoms with Crippen molar-refractivity contribution in [2.45, 2.75) is 6.54 Å². The molecule has 5 rings (SSSR count). The summed E-state index contributed by atoms with van der Waals surface area (Å²) in [6, 6.07) is 11.8. The first-order valence-corrected chi connectivity index (χ1v) is 9.96. The Labute approximate surface area is 185 Å². The number of aromatic nitrogens is 4. The van der Waals surface area contributed by atoms with Crippen molar-refractivity contribution in [3.63, 3.8) is 0 Å². The predicted octanol–water partition coefficient (Wildman–Crippen LogP) is 1.43. The third-order valence-corrected chi connectivity index (χ3v) is 5.39. The fourth-order valence-corrected chi connectivity index (χ4v) is 3.71. The van der Waals surface area contributed by atoms with Gasteiger partial charge >= 0.3 is 5.69 Å². The fraction of sp³-hybridized carbons (Fsp3) is 0.136. The lowest BCUT2D eigenvalue weighted by molar-refractivity contribution is -0.116. The summed E-state index contributed by atoms with van der Waals surface area (Å²) in [5, 5.41) is 5.50. The van der Waals surface area contributed by atoms with E-state index in [1.54, 1.807) is 36.4 Å². The van der Waals surface area contributed by atoms with E-state index in [0.29, 0.717) is 22.9 Å². The number of fused-ring (bicyclic) bond motifs is 3. The number of nitrogens with one attached hydrogen (secondary N) is 2. The summed E-state index contributed by atoms with van der Waals surface area (Å²) >= 11 is 0. The highest BCUT2D eigenvalue weighted by molar-refractivity contribution is 6.09. The van der Waals surface area contributed by atoms with Gasteiger partial charge in [0.05, 0.1) is 17.6 Å². The topological polar surface area (TPSA) is 129 Å². The second-order valence-electron chi connectivity index (χ2n) is 7.56. The molecule has 11 nitrogen and oxygen atoms in total. The number of imidazole rings is 1. The minimum atomic E-state index is -0.545. The van der Waals surface area contributed by atoms with E-state index in [0.717, 1.165) is 4.57 Å². The first-order valence-electron chi connectivity index (χ1n) is 9.96. The smallest absolute Gasteiger partial charge is 0.332 e. The lowest BCUT2D eigenvalue weighted by atomic mass is 10.1. The molecule has 0 bridgehead atoms. The fourth-order valence-electron chi connectivity index (χ4n) is 3.71. The molecule has 0 saturated heterocycles. The number of amides is 2. The highest BCUT2D eigenvalue weighted by Gasteiger charge is 2.22. The normalized spacial score (nSPS) is 12.4. The molecule has 0 spiro atoms. The minimum Gasteiger partial charge on any atom is -0.454 e. The number of rotatable bonds is 3. The van der Waals surface area contributed by atoms with Gasteiger partial charge in [0.25, 0.3) is 11.5 Å². The first-order chi connectivity index (χ1) is 15.8. The van der Waals surface area contributed by atoms with Crippen molar-refractivity contribution in [3.8, 4) is 11.5 Å². The average Bonchev–Trinajstić information content (AvgIpc) is 3.15. The quantitative estimate of drug-likeness (QED) is 0.490. The van der Waals surface area contributed by atoms with Crippen molar-refractivity contribution in [1.82, 2.24) is 18.7 Å². The SMILES string of the molecule is Cn1c(=O)c2c(ncn2CC(=O)Nc2ccc3c(c2)C(=O)Nc2ccccc2O3)n(C)c1=O. The molecule has 0 aliphatic carbocycles. The summed E-state index contributed by atoms with van der Waals surface area (Å²) in [6.07, 6.45) is 1.33. The monoisotopic (exact) mass is 446 g/mol. The number of para-hydroxylation sites is 2. The van der Waals surface area contributed by atoms with E-state index in [9.17, 15) is 19.2 Å². The molecule has 11 heteroatoms. The van der Waals surface area contributed by atoms with Gasteiger partial charge in [-0.3, -0.25) is 23.5 Å². The van der Waals surface area contributed by atoms with Crippen LogP contribution in [0.5, 0.6) is 11.5 Å². The predicted molar refractivity (Wildman–Crippen MR) is 120 cm³/mol. The van der Waals surface area contributed by atoms with E-state index in [4.69, 9.17) is 4.74 Å². The molecule has 1 aliphatic rings. The number of hydrogen-bond acceptors (Lipinski definition) is 6. The van der Waals surface area contributed by atoms with E-state index in [-0.39, 0.29) is 29.2 Å². The van der Waals surface area contributed by atoms with Crippen molar-refractivity contribution in [2.24, 2.45) is 14.1 Å². The van der Waals surface area contributed by atoms with Crippen LogP contribution >= 0.6 is 0 Å². The second kappa shape index (κ2) is 7.48. The standard InChI is InChI=1S/C22H18N6O5/c1-26-19-18(21(31)27(2)22(26)32)28(11-23-19)10-17(29)24-12-7-8-15-13(9-12)20(30)25-14-5-3-4-6-16(14)33-15/h3-9,11H,10H2,1-2H3,(H,24,29)(H,25,30). The molecule has 33 heavy (non-hydrogen) atoms. The van der Waals surface area contributed by atoms with Crippen LogP contribution in [0.3, 0.4) is 0 Å². The number of carbonyl (C=O) groups is 2. The van der Waals surface area contributed by atoms with Crippen LogP contribution in [0.15, 0.2) is 58.4 Å². The number of benzene rings is 2. The number of carbonyl (C=O) groups excluding carboxylic acids is 2. The third-order valence-electron chi connectivity index (χ3n) is 5.39. The molecule has 3 heterocycles. The van der Waals surface area contributed by atoms with Crippen molar-refractivity contribution in [1.29, 1.82) is 0 Å². The summed E-state index contributed by atoms with van der Waals surface area (Å²) in [5.41, 5.74) is 0.476. The number of ether oxygens (including phenoxy) is 1. The van der Waals surface area contributed by atoms with Gasteiger partial charge in [-0.05, 0) is 30.3 Å². The Kier molecular flexibility index (Phi) is 4.59. The first kappa shape index (κ1) is 20.2. The highest BCUT2D eigenvalue weighted by Crippen LogP contribution is 2.36. The molecule has 166 valence electrons. The van der Waals surface area contributed by atoms with Gasteiger partial charge in [0.15, 0.2) is 16.9 Å². The zero-order chi connectivity index (χ0) is 23.3. The van der Waals surface area contributed by atoms with Gasteiger partial charge in [0.1, 0.15) is 12.3 Å². The second-order valence-corrected chi connectivity index (χ2v) is 7.56. The van der Waals surface area contributed by atoms with Crippen LogP contribution < -0.4 is 26.6 Å². The molecule has 0 saturated carbocycles. The Hall–Kier alpha value is -4.67. The zero-order valence-corrected chi connectivity index (χ0v) is 17.7. The maximum atomic E-state index is 12.7. The summed E-state index contributed by atoms with van der Waals surface area (Å²) in [6.45, 7) is -0.213. The summed E-state index contributed by atoms with van der Waals surface area (Å²) in [7, 11) is 2.87. The van der Waals surface area contributed by atoms with Crippen molar-refractivity contribution < 1.29 is 14.3 Å². The molecule has 1 aliphatic heterocycles. The van der Waals surface area contributed by atoms with E-state index in [1.165, 1.54) is 35.6 Å². The number of aryl methyl sites for hydroxylation is 1. The Balaban J connectivity index is 1.41. The molecule has 0 unspecified atom stereocenters. The molecule has 4 aromatic rings. The Morgan fingerprint density at radius 3 is 2.67 bits per heavy atom.